The summed E-state index contributed by atoms with van der Waals surface area (Å²) in [4.78, 5) is 8.75. The number of hydrogen-bond donors (Lipinski definition) is 2. The largest absolute Gasteiger partial charge is 0.369 e. The van der Waals surface area contributed by atoms with Crippen LogP contribution < -0.4 is 10.6 Å². The maximum atomic E-state index is 4.53. The molecule has 4 heteroatoms. The number of anilines is 2. The van der Waals surface area contributed by atoms with Crippen molar-refractivity contribution in [2.75, 3.05) is 17.2 Å². The van der Waals surface area contributed by atoms with Gasteiger partial charge in [-0.15, -0.1) is 0 Å². The van der Waals surface area contributed by atoms with E-state index in [4.69, 9.17) is 0 Å². The summed E-state index contributed by atoms with van der Waals surface area (Å²) in [5.41, 5.74) is 2.94. The van der Waals surface area contributed by atoms with Gasteiger partial charge in [0.1, 0.15) is 11.6 Å². The van der Waals surface area contributed by atoms with Crippen LogP contribution in [0, 0.1) is 0 Å². The molecule has 1 aromatic heterocycles. The van der Waals surface area contributed by atoms with Crippen LogP contribution in [0.1, 0.15) is 24.5 Å². The molecule has 1 aromatic carbocycles. The van der Waals surface area contributed by atoms with Crippen molar-refractivity contribution in [2.24, 2.45) is 0 Å². The van der Waals surface area contributed by atoms with Gasteiger partial charge in [0, 0.05) is 12.6 Å². The average Bonchev–Trinajstić information content (AvgIpc) is 2.48. The fraction of sp³-hybridized carbons (Fsp3) is 0.375. The van der Waals surface area contributed by atoms with Gasteiger partial charge in [-0.2, -0.15) is 0 Å². The lowest BCUT2D eigenvalue weighted by Gasteiger charge is -2.25. The van der Waals surface area contributed by atoms with Crippen LogP contribution in [-0.4, -0.2) is 22.6 Å². The second kappa shape index (κ2) is 5.90. The van der Waals surface area contributed by atoms with Crippen molar-refractivity contribution in [3.8, 4) is 0 Å². The Morgan fingerprint density at radius 3 is 2.80 bits per heavy atom. The molecule has 0 spiro atoms. The molecule has 0 fully saturated rings. The van der Waals surface area contributed by atoms with E-state index in [1.54, 1.807) is 12.4 Å². The number of aryl methyl sites for hydroxylation is 1. The standard InChI is InChI=1S/C16H20N4/c1-2-18-15-10-17-11-16(20-15)19-14-8-7-12-5-3-4-6-13(12)9-14/h3-6,10-11,14H,2,7-9H2,1H3,(H2,18,19,20). The SMILES string of the molecule is CCNc1cncc(NC2CCc3ccccc3C2)n1. The van der Waals surface area contributed by atoms with Crippen molar-refractivity contribution in [3.63, 3.8) is 0 Å². The molecule has 1 atom stereocenters. The topological polar surface area (TPSA) is 49.8 Å². The minimum atomic E-state index is 0.441. The van der Waals surface area contributed by atoms with Crippen molar-refractivity contribution in [2.45, 2.75) is 32.2 Å². The molecule has 0 saturated heterocycles. The number of nitrogens with zero attached hydrogens (tertiary/aromatic N) is 2. The first kappa shape index (κ1) is 12.9. The highest BCUT2D eigenvalue weighted by atomic mass is 15.1. The molecule has 1 aliphatic rings. The maximum Gasteiger partial charge on any atom is 0.147 e. The predicted molar refractivity (Wildman–Crippen MR) is 82.1 cm³/mol. The lowest BCUT2D eigenvalue weighted by molar-refractivity contribution is 0.608. The second-order valence-corrected chi connectivity index (χ2v) is 5.17. The van der Waals surface area contributed by atoms with Crippen LogP contribution in [0.15, 0.2) is 36.7 Å². The molecule has 0 radical (unpaired) electrons. The minimum Gasteiger partial charge on any atom is -0.369 e. The van der Waals surface area contributed by atoms with Crippen molar-refractivity contribution in [1.82, 2.24) is 9.97 Å². The minimum absolute atomic E-state index is 0.441. The third-order valence-corrected chi connectivity index (χ3v) is 3.69. The fourth-order valence-corrected chi connectivity index (χ4v) is 2.73. The Kier molecular flexibility index (Phi) is 3.81. The van der Waals surface area contributed by atoms with Gasteiger partial charge in [-0.3, -0.25) is 4.98 Å². The fourth-order valence-electron chi connectivity index (χ4n) is 2.73. The van der Waals surface area contributed by atoms with Gasteiger partial charge in [-0.05, 0) is 37.3 Å². The number of nitrogens with one attached hydrogen (secondary N) is 2. The quantitative estimate of drug-likeness (QED) is 0.895. The molecule has 1 heterocycles. The lowest BCUT2D eigenvalue weighted by Crippen LogP contribution is -2.27. The Bertz CT molecular complexity index is 582. The highest BCUT2D eigenvalue weighted by Gasteiger charge is 2.18. The summed E-state index contributed by atoms with van der Waals surface area (Å²) in [6.07, 6.45) is 6.88. The molecule has 0 bridgehead atoms. The maximum absolute atomic E-state index is 4.53. The molecule has 4 nitrogen and oxygen atoms in total. The zero-order chi connectivity index (χ0) is 13.8. The summed E-state index contributed by atoms with van der Waals surface area (Å²) in [5.74, 6) is 1.68. The molecule has 3 rings (SSSR count). The van der Waals surface area contributed by atoms with Crippen molar-refractivity contribution < 1.29 is 0 Å². The van der Waals surface area contributed by atoms with Crippen molar-refractivity contribution in [1.29, 1.82) is 0 Å². The average molecular weight is 268 g/mol. The van der Waals surface area contributed by atoms with Gasteiger partial charge in [0.15, 0.2) is 0 Å². The van der Waals surface area contributed by atoms with Crippen LogP contribution in [0.25, 0.3) is 0 Å². The molecular formula is C16H20N4. The number of benzene rings is 1. The molecule has 1 aliphatic carbocycles. The van der Waals surface area contributed by atoms with Crippen LogP contribution >= 0.6 is 0 Å². The van der Waals surface area contributed by atoms with Gasteiger partial charge in [-0.1, -0.05) is 24.3 Å². The summed E-state index contributed by atoms with van der Waals surface area (Å²) in [5, 5.41) is 6.69. The zero-order valence-corrected chi connectivity index (χ0v) is 11.8. The first-order chi connectivity index (χ1) is 9.85. The summed E-state index contributed by atoms with van der Waals surface area (Å²) >= 11 is 0. The Labute approximate surface area is 119 Å². The van der Waals surface area contributed by atoms with Crippen LogP contribution in [-0.2, 0) is 12.8 Å². The molecule has 0 aliphatic heterocycles. The summed E-state index contributed by atoms with van der Waals surface area (Å²) in [7, 11) is 0. The number of rotatable bonds is 4. The normalized spacial score (nSPS) is 17.4. The first-order valence-electron chi connectivity index (χ1n) is 7.24. The van der Waals surface area contributed by atoms with Crippen LogP contribution in [0.3, 0.4) is 0 Å². The first-order valence-corrected chi connectivity index (χ1v) is 7.24. The number of hydrogen-bond acceptors (Lipinski definition) is 4. The summed E-state index contributed by atoms with van der Waals surface area (Å²) < 4.78 is 0. The number of aromatic nitrogens is 2. The highest BCUT2D eigenvalue weighted by molar-refractivity contribution is 5.43. The molecule has 2 aromatic rings. The number of fused-ring (bicyclic) bond motifs is 1. The van der Waals surface area contributed by atoms with E-state index in [0.717, 1.165) is 37.4 Å². The molecule has 0 amide bonds. The molecule has 2 N–H and O–H groups in total. The van der Waals surface area contributed by atoms with Gasteiger partial charge in [0.25, 0.3) is 0 Å². The van der Waals surface area contributed by atoms with Gasteiger partial charge in [-0.25, -0.2) is 4.98 Å². The smallest absolute Gasteiger partial charge is 0.147 e. The molecule has 0 saturated carbocycles. The van der Waals surface area contributed by atoms with Gasteiger partial charge >= 0.3 is 0 Å². The Hall–Kier alpha value is -2.10. The molecule has 1 unspecified atom stereocenters. The zero-order valence-electron chi connectivity index (χ0n) is 11.8. The summed E-state index contributed by atoms with van der Waals surface area (Å²) in [6, 6.07) is 9.14. The molecule has 20 heavy (non-hydrogen) atoms. The van der Waals surface area contributed by atoms with Crippen LogP contribution in [0.2, 0.25) is 0 Å². The van der Waals surface area contributed by atoms with Gasteiger partial charge in [0.2, 0.25) is 0 Å². The van der Waals surface area contributed by atoms with Gasteiger partial charge < -0.3 is 10.6 Å². The third-order valence-electron chi connectivity index (χ3n) is 3.69. The summed E-state index contributed by atoms with van der Waals surface area (Å²) in [6.45, 7) is 2.91. The van der Waals surface area contributed by atoms with E-state index in [1.807, 2.05) is 0 Å². The van der Waals surface area contributed by atoms with E-state index < -0.39 is 0 Å². The third kappa shape index (κ3) is 2.90. The van der Waals surface area contributed by atoms with E-state index >= 15 is 0 Å². The van der Waals surface area contributed by atoms with E-state index in [-0.39, 0.29) is 0 Å². The van der Waals surface area contributed by atoms with Crippen LogP contribution in [0.4, 0.5) is 11.6 Å². The van der Waals surface area contributed by atoms with Crippen molar-refractivity contribution in [3.05, 3.63) is 47.8 Å². The van der Waals surface area contributed by atoms with E-state index in [1.165, 1.54) is 11.1 Å². The van der Waals surface area contributed by atoms with E-state index in [2.05, 4.69) is 51.8 Å². The molecule has 104 valence electrons. The van der Waals surface area contributed by atoms with Crippen molar-refractivity contribution >= 4 is 11.6 Å². The molecular weight excluding hydrogens is 248 g/mol. The predicted octanol–water partition coefficient (Wildman–Crippen LogP) is 2.88. The Balaban J connectivity index is 1.69. The lowest BCUT2D eigenvalue weighted by atomic mass is 9.88. The Morgan fingerprint density at radius 1 is 1.15 bits per heavy atom. The van der Waals surface area contributed by atoms with Gasteiger partial charge in [0.05, 0.1) is 12.4 Å². The van der Waals surface area contributed by atoms with Crippen LogP contribution in [0.5, 0.6) is 0 Å². The monoisotopic (exact) mass is 268 g/mol. The van der Waals surface area contributed by atoms with E-state index in [0.29, 0.717) is 6.04 Å². The highest BCUT2D eigenvalue weighted by Crippen LogP contribution is 2.23. The van der Waals surface area contributed by atoms with E-state index in [9.17, 15) is 0 Å². The second-order valence-electron chi connectivity index (χ2n) is 5.17. The Morgan fingerprint density at radius 2 is 1.95 bits per heavy atom.